The van der Waals surface area contributed by atoms with Gasteiger partial charge in [0.05, 0.1) is 36.9 Å². The van der Waals surface area contributed by atoms with Gasteiger partial charge < -0.3 is 32.2 Å². The number of carbonyl (C=O) groups excluding carboxylic acids is 1. The van der Waals surface area contributed by atoms with Gasteiger partial charge in [-0.15, -0.1) is 0 Å². The fourth-order valence-corrected chi connectivity index (χ4v) is 5.73. The lowest BCUT2D eigenvalue weighted by molar-refractivity contribution is -0.386. The topological polar surface area (TPSA) is 125 Å². The number of nitro benzene ring substituents is 1. The van der Waals surface area contributed by atoms with Crippen LogP contribution in [0, 0.1) is 39.2 Å². The molecular formula is C26H32F5NO10Si. The molecule has 0 N–H and O–H groups in total. The molecule has 0 saturated heterocycles. The number of hydrogen-bond acceptors (Lipinski definition) is 10. The third-order valence-corrected chi connectivity index (χ3v) is 9.10. The highest BCUT2D eigenvalue weighted by Gasteiger charge is 2.37. The number of methoxy groups -OCH3 is 1. The highest BCUT2D eigenvalue weighted by molar-refractivity contribution is 6.60. The molecule has 0 aromatic heterocycles. The zero-order chi connectivity index (χ0) is 32.3. The number of nitrogens with zero attached hydrogens (tertiary/aromatic N) is 1. The van der Waals surface area contributed by atoms with Crippen molar-refractivity contribution in [3.63, 3.8) is 0 Å². The molecule has 2 aromatic carbocycles. The second-order valence-corrected chi connectivity index (χ2v) is 12.0. The molecule has 11 nitrogen and oxygen atoms in total. The first-order valence-electron chi connectivity index (χ1n) is 12.8. The number of halogens is 5. The van der Waals surface area contributed by atoms with Gasteiger partial charge in [0.25, 0.3) is 5.69 Å². The summed E-state index contributed by atoms with van der Waals surface area (Å²) in [6.07, 6.45) is -0.128. The Labute approximate surface area is 245 Å². The smallest absolute Gasteiger partial charge is 0.493 e. The van der Waals surface area contributed by atoms with Gasteiger partial charge in [0, 0.05) is 40.2 Å². The molecule has 240 valence electrons. The first-order valence-corrected chi connectivity index (χ1v) is 14.8. The molecule has 0 fully saturated rings. The Bertz CT molecular complexity index is 1240. The molecule has 2 rings (SSSR count). The summed E-state index contributed by atoms with van der Waals surface area (Å²) in [5.41, 5.74) is -0.411. The molecule has 2 aromatic rings. The zero-order valence-electron chi connectivity index (χ0n) is 24.1. The van der Waals surface area contributed by atoms with E-state index in [-0.39, 0.29) is 36.5 Å². The number of carbonyl (C=O) groups is 1. The van der Waals surface area contributed by atoms with E-state index in [1.807, 2.05) is 0 Å². The summed E-state index contributed by atoms with van der Waals surface area (Å²) in [6.45, 7) is 0.696. The standard InChI is InChI=1S/C26H32F5NO10Si/c1-15(42-20(33)9-6-7-12-43(37-3,38-4)39-5)16-13-18(36-2)19(14-17(16)32(34)35)40-10-8-11-41-26-24(30)22(28)21(27)23(29)25(26)31/h13-15H,6-12H2,1-5H3. The van der Waals surface area contributed by atoms with Crippen LogP contribution in [0.25, 0.3) is 0 Å². The maximum absolute atomic E-state index is 13.7. The van der Waals surface area contributed by atoms with Crippen molar-refractivity contribution in [1.29, 1.82) is 0 Å². The summed E-state index contributed by atoms with van der Waals surface area (Å²) in [5, 5.41) is 11.8. The molecule has 0 amide bonds. The second kappa shape index (κ2) is 16.3. The summed E-state index contributed by atoms with van der Waals surface area (Å²) < 4.78 is 104. The van der Waals surface area contributed by atoms with Crippen molar-refractivity contribution in [2.75, 3.05) is 41.7 Å². The van der Waals surface area contributed by atoms with E-state index in [9.17, 15) is 36.9 Å². The quantitative estimate of drug-likeness (QED) is 0.0288. The van der Waals surface area contributed by atoms with Gasteiger partial charge in [-0.05, 0) is 25.8 Å². The number of ether oxygens (including phenoxy) is 4. The number of rotatable bonds is 18. The van der Waals surface area contributed by atoms with Crippen LogP contribution in [0.4, 0.5) is 27.6 Å². The Morgan fingerprint density at radius 1 is 0.837 bits per heavy atom. The van der Waals surface area contributed by atoms with Gasteiger partial charge in [0.1, 0.15) is 6.10 Å². The lowest BCUT2D eigenvalue weighted by atomic mass is 10.1. The number of unbranched alkanes of at least 4 members (excludes halogenated alkanes) is 1. The molecule has 0 bridgehead atoms. The molecule has 0 saturated carbocycles. The summed E-state index contributed by atoms with van der Waals surface area (Å²) in [7, 11) is 2.93. The van der Waals surface area contributed by atoms with Gasteiger partial charge in [-0.2, -0.15) is 8.78 Å². The van der Waals surface area contributed by atoms with Crippen LogP contribution in [0.1, 0.15) is 44.3 Å². The van der Waals surface area contributed by atoms with Crippen molar-refractivity contribution in [3.05, 3.63) is 56.9 Å². The van der Waals surface area contributed by atoms with Crippen LogP contribution >= 0.6 is 0 Å². The lowest BCUT2D eigenvalue weighted by Crippen LogP contribution is -2.42. The molecule has 1 atom stereocenters. The van der Waals surface area contributed by atoms with E-state index in [0.29, 0.717) is 18.9 Å². The third-order valence-electron chi connectivity index (χ3n) is 6.26. The van der Waals surface area contributed by atoms with Gasteiger partial charge in [-0.3, -0.25) is 14.9 Å². The summed E-state index contributed by atoms with van der Waals surface area (Å²) in [5.74, 6) is -12.9. The highest BCUT2D eigenvalue weighted by Crippen LogP contribution is 2.39. The minimum Gasteiger partial charge on any atom is -0.493 e. The molecule has 43 heavy (non-hydrogen) atoms. The Morgan fingerprint density at radius 2 is 1.40 bits per heavy atom. The van der Waals surface area contributed by atoms with E-state index in [2.05, 4.69) is 0 Å². The van der Waals surface area contributed by atoms with Crippen LogP contribution in [-0.4, -0.2) is 61.4 Å². The molecule has 0 aliphatic carbocycles. The van der Waals surface area contributed by atoms with Gasteiger partial charge in [-0.1, -0.05) is 0 Å². The Kier molecular flexibility index (Phi) is 13.6. The van der Waals surface area contributed by atoms with Crippen LogP contribution in [-0.2, 0) is 22.8 Å². The average molecular weight is 642 g/mol. The Hall–Kier alpha value is -3.54. The molecule has 0 aliphatic rings. The lowest BCUT2D eigenvalue weighted by Gasteiger charge is -2.24. The minimum atomic E-state index is -2.78. The SMILES string of the molecule is COc1cc(C(C)OC(=O)CCCC[Si](OC)(OC)OC)c([N+](=O)[O-])cc1OCCCOc1c(F)c(F)c(F)c(F)c1F. The molecule has 17 heteroatoms. The van der Waals surface area contributed by atoms with E-state index in [4.69, 9.17) is 32.2 Å². The maximum Gasteiger partial charge on any atom is 0.500 e. The van der Waals surface area contributed by atoms with E-state index in [0.717, 1.165) is 6.07 Å². The normalized spacial score (nSPS) is 12.1. The van der Waals surface area contributed by atoms with Crippen molar-refractivity contribution in [3.8, 4) is 17.2 Å². The van der Waals surface area contributed by atoms with Crippen LogP contribution in [0.15, 0.2) is 12.1 Å². The van der Waals surface area contributed by atoms with Crippen LogP contribution in [0.3, 0.4) is 0 Å². The fourth-order valence-electron chi connectivity index (χ4n) is 3.93. The van der Waals surface area contributed by atoms with Gasteiger partial charge in [0.15, 0.2) is 17.2 Å². The number of nitro groups is 1. The predicted octanol–water partition coefficient (Wildman–Crippen LogP) is 5.80. The largest absolute Gasteiger partial charge is 0.500 e. The Balaban J connectivity index is 2.01. The highest BCUT2D eigenvalue weighted by atomic mass is 28.4. The summed E-state index contributed by atoms with van der Waals surface area (Å²) in [4.78, 5) is 23.5. The van der Waals surface area contributed by atoms with E-state index < -0.39 is 72.9 Å². The van der Waals surface area contributed by atoms with E-state index >= 15 is 0 Å². The molecule has 0 aliphatic heterocycles. The minimum absolute atomic E-state index is 0.0294. The van der Waals surface area contributed by atoms with Gasteiger partial charge in [0.2, 0.25) is 29.1 Å². The fraction of sp³-hybridized carbons (Fsp3) is 0.500. The summed E-state index contributed by atoms with van der Waals surface area (Å²) >= 11 is 0. The molecule has 0 heterocycles. The third kappa shape index (κ3) is 8.98. The first-order chi connectivity index (χ1) is 20.4. The second-order valence-electron chi connectivity index (χ2n) is 8.90. The predicted molar refractivity (Wildman–Crippen MR) is 141 cm³/mol. The van der Waals surface area contributed by atoms with E-state index in [1.54, 1.807) is 0 Å². The van der Waals surface area contributed by atoms with Crippen LogP contribution < -0.4 is 14.2 Å². The zero-order valence-corrected chi connectivity index (χ0v) is 25.1. The molecule has 1 unspecified atom stereocenters. The first kappa shape index (κ1) is 35.7. The molecule has 0 radical (unpaired) electrons. The monoisotopic (exact) mass is 641 g/mol. The van der Waals surface area contributed by atoms with Crippen molar-refractivity contribution < 1.29 is 63.9 Å². The number of benzene rings is 2. The van der Waals surface area contributed by atoms with Crippen molar-refractivity contribution in [2.45, 2.75) is 44.8 Å². The van der Waals surface area contributed by atoms with E-state index in [1.165, 1.54) is 41.4 Å². The van der Waals surface area contributed by atoms with Crippen LogP contribution in [0.2, 0.25) is 6.04 Å². The molecule has 0 spiro atoms. The van der Waals surface area contributed by atoms with Crippen molar-refractivity contribution in [1.82, 2.24) is 0 Å². The Morgan fingerprint density at radius 3 is 1.93 bits per heavy atom. The average Bonchev–Trinajstić information content (AvgIpc) is 3.00. The molecular weight excluding hydrogens is 609 g/mol. The van der Waals surface area contributed by atoms with Gasteiger partial charge in [-0.25, -0.2) is 13.2 Å². The van der Waals surface area contributed by atoms with Crippen molar-refractivity contribution >= 4 is 20.5 Å². The van der Waals surface area contributed by atoms with Gasteiger partial charge >= 0.3 is 14.8 Å². The number of hydrogen-bond donors (Lipinski definition) is 0. The number of esters is 1. The maximum atomic E-state index is 13.7. The van der Waals surface area contributed by atoms with Crippen LogP contribution in [0.5, 0.6) is 17.2 Å². The summed E-state index contributed by atoms with van der Waals surface area (Å²) in [6, 6.07) is 2.80. The van der Waals surface area contributed by atoms with Crippen molar-refractivity contribution in [2.24, 2.45) is 0 Å².